The number of anilines is 1. The van der Waals surface area contributed by atoms with Gasteiger partial charge in [-0.15, -0.1) is 20.4 Å². The number of nitrogens with zero attached hydrogens (tertiary/aromatic N) is 5. The Morgan fingerprint density at radius 2 is 1.67 bits per heavy atom. The van der Waals surface area contributed by atoms with Gasteiger partial charge in [-0.05, 0) is 56.7 Å². The quantitative estimate of drug-likeness (QED) is 0.315. The maximum Gasteiger partial charge on any atom is 0.249 e. The molecule has 0 spiro atoms. The Kier molecular flexibility index (Phi) is 6.05. The van der Waals surface area contributed by atoms with Crippen LogP contribution in [0.25, 0.3) is 11.5 Å². The van der Waals surface area contributed by atoms with Gasteiger partial charge in [-0.3, -0.25) is 4.79 Å². The van der Waals surface area contributed by atoms with Crippen LogP contribution in [0.3, 0.4) is 0 Å². The predicted molar refractivity (Wildman–Crippen MR) is 126 cm³/mol. The second kappa shape index (κ2) is 9.37. The summed E-state index contributed by atoms with van der Waals surface area (Å²) < 4.78 is 38.6. The molecule has 6 rings (SSSR count). The second-order valence-corrected chi connectivity index (χ2v) is 10.3. The van der Waals surface area contributed by atoms with E-state index in [0.29, 0.717) is 53.7 Å². The average Bonchev–Trinajstić information content (AvgIpc) is 3.79. The minimum Gasteiger partial charge on any atom is -0.425 e. The van der Waals surface area contributed by atoms with Crippen LogP contribution in [0.15, 0.2) is 33.1 Å². The lowest BCUT2D eigenvalue weighted by molar-refractivity contribution is -0.147. The van der Waals surface area contributed by atoms with Crippen molar-refractivity contribution in [3.05, 3.63) is 41.9 Å². The molecule has 3 aliphatic carbocycles. The SMILES string of the molecule is O=C(C1CC(F)(F)C1)N(CCCCCc1nnc(C2CC2)o1)c1cccc(-c2nnc(C3CC3)o2)c1. The molecule has 1 amide bonds. The van der Waals surface area contributed by atoms with E-state index in [9.17, 15) is 13.6 Å². The van der Waals surface area contributed by atoms with Gasteiger partial charge in [0.25, 0.3) is 0 Å². The summed E-state index contributed by atoms with van der Waals surface area (Å²) in [4.78, 5) is 14.9. The first-order chi connectivity index (χ1) is 17.4. The van der Waals surface area contributed by atoms with Gasteiger partial charge in [-0.2, -0.15) is 0 Å². The third-order valence-corrected chi connectivity index (χ3v) is 7.16. The molecule has 0 N–H and O–H groups in total. The largest absolute Gasteiger partial charge is 0.425 e. The number of carbonyl (C=O) groups excluding carboxylic acids is 1. The topological polar surface area (TPSA) is 98.2 Å². The van der Waals surface area contributed by atoms with Crippen molar-refractivity contribution in [3.63, 3.8) is 0 Å². The Labute approximate surface area is 207 Å². The van der Waals surface area contributed by atoms with Crippen LogP contribution < -0.4 is 4.90 Å². The van der Waals surface area contributed by atoms with E-state index in [2.05, 4.69) is 20.4 Å². The number of hydrogen-bond donors (Lipinski definition) is 0. The first kappa shape index (κ1) is 23.2. The molecule has 3 aromatic rings. The van der Waals surface area contributed by atoms with Gasteiger partial charge in [0.2, 0.25) is 35.4 Å². The molecular weight excluding hydrogens is 468 g/mol. The van der Waals surface area contributed by atoms with Gasteiger partial charge in [-0.1, -0.05) is 12.5 Å². The van der Waals surface area contributed by atoms with Gasteiger partial charge in [0.05, 0.1) is 0 Å². The van der Waals surface area contributed by atoms with E-state index in [1.807, 2.05) is 24.3 Å². The standard InChI is InChI=1S/C26H29F2N5O3/c27-26(28)14-19(15-26)25(34)33(12-3-1-2-7-21-29-30-22(35-21)16-8-9-16)20-6-4-5-18(13-20)24-32-31-23(36-24)17-10-11-17/h4-6,13,16-17,19H,1-3,7-12,14-15H2. The lowest BCUT2D eigenvalue weighted by Gasteiger charge is -2.37. The van der Waals surface area contributed by atoms with E-state index in [1.165, 1.54) is 0 Å². The molecule has 1 aromatic carbocycles. The zero-order valence-electron chi connectivity index (χ0n) is 20.0. The first-order valence-electron chi connectivity index (χ1n) is 12.9. The third kappa shape index (κ3) is 5.17. The maximum atomic E-state index is 13.5. The number of unbranched alkanes of at least 4 members (excludes halogenated alkanes) is 2. The van der Waals surface area contributed by atoms with E-state index in [0.717, 1.165) is 50.8 Å². The Bertz CT molecular complexity index is 1230. The van der Waals surface area contributed by atoms with Crippen LogP contribution in [0.2, 0.25) is 0 Å². The zero-order valence-corrected chi connectivity index (χ0v) is 20.0. The summed E-state index contributed by atoms with van der Waals surface area (Å²) in [6, 6.07) is 7.34. The van der Waals surface area contributed by atoms with E-state index in [4.69, 9.17) is 8.83 Å². The molecular formula is C26H29F2N5O3. The molecule has 36 heavy (non-hydrogen) atoms. The molecule has 3 fully saturated rings. The molecule has 0 unspecified atom stereocenters. The molecule has 2 heterocycles. The fourth-order valence-electron chi connectivity index (χ4n) is 4.66. The van der Waals surface area contributed by atoms with Crippen LogP contribution in [-0.4, -0.2) is 38.8 Å². The van der Waals surface area contributed by atoms with Crippen molar-refractivity contribution < 1.29 is 22.4 Å². The summed E-state index contributed by atoms with van der Waals surface area (Å²) in [5.41, 5.74) is 1.37. The lowest BCUT2D eigenvalue weighted by atomic mass is 9.80. The van der Waals surface area contributed by atoms with Crippen molar-refractivity contribution in [2.75, 3.05) is 11.4 Å². The summed E-state index contributed by atoms with van der Waals surface area (Å²) in [5.74, 6) is -0.435. The molecule has 0 atom stereocenters. The van der Waals surface area contributed by atoms with Crippen LogP contribution in [-0.2, 0) is 11.2 Å². The molecule has 10 heteroatoms. The summed E-state index contributed by atoms with van der Waals surface area (Å²) in [7, 11) is 0. The molecule has 2 aromatic heterocycles. The van der Waals surface area contributed by atoms with Crippen molar-refractivity contribution in [2.24, 2.45) is 5.92 Å². The molecule has 0 radical (unpaired) electrons. The Morgan fingerprint density at radius 3 is 2.39 bits per heavy atom. The zero-order chi connectivity index (χ0) is 24.7. The van der Waals surface area contributed by atoms with E-state index in [1.54, 1.807) is 4.90 Å². The Balaban J connectivity index is 1.11. The summed E-state index contributed by atoms with van der Waals surface area (Å²) >= 11 is 0. The van der Waals surface area contributed by atoms with Crippen LogP contribution in [0.4, 0.5) is 14.5 Å². The van der Waals surface area contributed by atoms with E-state index in [-0.39, 0.29) is 5.91 Å². The summed E-state index contributed by atoms with van der Waals surface area (Å²) in [6.07, 6.45) is 6.69. The highest BCUT2D eigenvalue weighted by molar-refractivity contribution is 5.96. The molecule has 0 saturated heterocycles. The average molecular weight is 498 g/mol. The number of hydrogen-bond acceptors (Lipinski definition) is 7. The number of aromatic nitrogens is 4. The maximum absolute atomic E-state index is 13.5. The van der Waals surface area contributed by atoms with Gasteiger partial charge in [0, 0.05) is 54.8 Å². The molecule has 190 valence electrons. The minimum atomic E-state index is -2.75. The number of aryl methyl sites for hydroxylation is 1. The predicted octanol–water partition coefficient (Wildman–Crippen LogP) is 5.67. The minimum absolute atomic E-state index is 0.256. The van der Waals surface area contributed by atoms with Crippen molar-refractivity contribution in [1.82, 2.24) is 20.4 Å². The van der Waals surface area contributed by atoms with Crippen LogP contribution in [0, 0.1) is 5.92 Å². The van der Waals surface area contributed by atoms with Crippen molar-refractivity contribution >= 4 is 11.6 Å². The van der Waals surface area contributed by atoms with Crippen molar-refractivity contribution in [3.8, 4) is 11.5 Å². The van der Waals surface area contributed by atoms with Crippen LogP contribution in [0.1, 0.15) is 87.3 Å². The van der Waals surface area contributed by atoms with Gasteiger partial charge >= 0.3 is 0 Å². The van der Waals surface area contributed by atoms with E-state index >= 15 is 0 Å². The number of rotatable bonds is 11. The first-order valence-corrected chi connectivity index (χ1v) is 12.9. The molecule has 3 saturated carbocycles. The molecule has 0 bridgehead atoms. The van der Waals surface area contributed by atoms with Crippen molar-refractivity contribution in [1.29, 1.82) is 0 Å². The van der Waals surface area contributed by atoms with Gasteiger partial charge < -0.3 is 13.7 Å². The van der Waals surface area contributed by atoms with E-state index < -0.39 is 24.7 Å². The number of amides is 1. The number of benzene rings is 1. The number of carbonyl (C=O) groups is 1. The smallest absolute Gasteiger partial charge is 0.249 e. The highest BCUT2D eigenvalue weighted by Crippen LogP contribution is 2.44. The fraction of sp³-hybridized carbons (Fsp3) is 0.577. The fourth-order valence-corrected chi connectivity index (χ4v) is 4.66. The summed E-state index contributed by atoms with van der Waals surface area (Å²) in [6.45, 7) is 0.443. The van der Waals surface area contributed by atoms with Gasteiger partial charge in [0.1, 0.15) is 0 Å². The van der Waals surface area contributed by atoms with Gasteiger partial charge in [0.15, 0.2) is 0 Å². The third-order valence-electron chi connectivity index (χ3n) is 7.16. The second-order valence-electron chi connectivity index (χ2n) is 10.3. The Hall–Kier alpha value is -3.17. The van der Waals surface area contributed by atoms with Crippen LogP contribution >= 0.6 is 0 Å². The van der Waals surface area contributed by atoms with Gasteiger partial charge in [-0.25, -0.2) is 8.78 Å². The normalized spacial score (nSPS) is 19.3. The Morgan fingerprint density at radius 1 is 0.944 bits per heavy atom. The number of alkyl halides is 2. The lowest BCUT2D eigenvalue weighted by Crippen LogP contribution is -2.47. The van der Waals surface area contributed by atoms with Crippen LogP contribution in [0.5, 0.6) is 0 Å². The molecule has 0 aliphatic heterocycles. The molecule has 3 aliphatic rings. The highest BCUT2D eigenvalue weighted by Gasteiger charge is 2.50. The highest BCUT2D eigenvalue weighted by atomic mass is 19.3. The number of halogens is 2. The summed E-state index contributed by atoms with van der Waals surface area (Å²) in [5, 5.41) is 16.5. The molecule has 8 nitrogen and oxygen atoms in total. The van der Waals surface area contributed by atoms with Crippen molar-refractivity contribution in [2.45, 2.75) is 82.0 Å². The monoisotopic (exact) mass is 497 g/mol.